The zero-order valence-corrected chi connectivity index (χ0v) is 6.78. The molecule has 60 valence electrons. The summed E-state index contributed by atoms with van der Waals surface area (Å²) < 4.78 is 0. The fraction of sp³-hybridized carbons (Fsp3) is 0. The van der Waals surface area contributed by atoms with Crippen LogP contribution in [0.15, 0.2) is 18.7 Å². The third-order valence-corrected chi connectivity index (χ3v) is 1.83. The summed E-state index contributed by atoms with van der Waals surface area (Å²) in [4.78, 5) is 11.7. The van der Waals surface area contributed by atoms with Crippen LogP contribution in [0.2, 0.25) is 5.15 Å². The largest absolute Gasteiger partial charge is 0.396 e. The minimum absolute atomic E-state index is 0.375. The molecular formula is C7H5ClN4. The maximum atomic E-state index is 5.78. The first-order chi connectivity index (χ1) is 5.79. The molecule has 0 spiro atoms. The zero-order valence-electron chi connectivity index (χ0n) is 6.03. The number of hydrogen-bond donors (Lipinski definition) is 1. The highest BCUT2D eigenvalue weighted by Gasteiger charge is 2.02. The average molecular weight is 181 g/mol. The number of nitrogens with two attached hydrogens (primary N) is 1. The highest BCUT2D eigenvalue weighted by atomic mass is 35.5. The van der Waals surface area contributed by atoms with E-state index in [0.29, 0.717) is 21.7 Å². The molecular weight excluding hydrogens is 176 g/mol. The monoisotopic (exact) mass is 180 g/mol. The molecule has 0 radical (unpaired) electrons. The predicted octanol–water partition coefficient (Wildman–Crippen LogP) is 1.26. The van der Waals surface area contributed by atoms with Crippen LogP contribution < -0.4 is 5.73 Å². The number of fused-ring (bicyclic) bond motifs is 1. The minimum atomic E-state index is 0.375. The standard InChI is InChI=1S/C7H5ClN4/c8-7-4-1-10-2-5(9)6(4)11-3-12-7/h1-3H,9H2. The lowest BCUT2D eigenvalue weighted by molar-refractivity contribution is 1.21. The Morgan fingerprint density at radius 3 is 2.83 bits per heavy atom. The molecule has 2 heterocycles. The second-order valence-corrected chi connectivity index (χ2v) is 2.65. The van der Waals surface area contributed by atoms with E-state index in [9.17, 15) is 0 Å². The summed E-state index contributed by atoms with van der Waals surface area (Å²) in [5.74, 6) is 0. The van der Waals surface area contributed by atoms with Crippen molar-refractivity contribution in [1.82, 2.24) is 15.0 Å². The number of aromatic nitrogens is 3. The first-order valence-corrected chi connectivity index (χ1v) is 3.66. The summed E-state index contributed by atoms with van der Waals surface area (Å²) >= 11 is 5.78. The molecule has 0 aromatic carbocycles. The van der Waals surface area contributed by atoms with Gasteiger partial charge in [0.05, 0.1) is 17.3 Å². The molecule has 0 saturated heterocycles. The molecule has 0 aliphatic carbocycles. The minimum Gasteiger partial charge on any atom is -0.396 e. The van der Waals surface area contributed by atoms with Crippen LogP contribution in [0.1, 0.15) is 0 Å². The van der Waals surface area contributed by atoms with Gasteiger partial charge in [0.25, 0.3) is 0 Å². The van der Waals surface area contributed by atoms with Gasteiger partial charge in [0.1, 0.15) is 17.0 Å². The third-order valence-electron chi connectivity index (χ3n) is 1.53. The molecule has 2 aromatic rings. The Hall–Kier alpha value is -1.42. The SMILES string of the molecule is Nc1cncc2c(Cl)ncnc12. The molecule has 0 amide bonds. The Bertz CT molecular complexity index is 387. The normalized spacial score (nSPS) is 10.4. The second kappa shape index (κ2) is 2.57. The molecule has 0 bridgehead atoms. The smallest absolute Gasteiger partial charge is 0.141 e. The van der Waals surface area contributed by atoms with Gasteiger partial charge in [-0.3, -0.25) is 4.98 Å². The van der Waals surface area contributed by atoms with E-state index >= 15 is 0 Å². The maximum Gasteiger partial charge on any atom is 0.141 e. The number of anilines is 1. The fourth-order valence-electron chi connectivity index (χ4n) is 0.972. The van der Waals surface area contributed by atoms with Crippen LogP contribution in [-0.2, 0) is 0 Å². The Balaban J connectivity index is 2.94. The van der Waals surface area contributed by atoms with Gasteiger partial charge in [-0.2, -0.15) is 0 Å². The quantitative estimate of drug-likeness (QED) is 0.620. The van der Waals surface area contributed by atoms with Crippen LogP contribution >= 0.6 is 11.6 Å². The Morgan fingerprint density at radius 2 is 2.08 bits per heavy atom. The molecule has 0 atom stereocenters. The van der Waals surface area contributed by atoms with Crippen molar-refractivity contribution in [2.75, 3.05) is 5.73 Å². The number of halogens is 1. The number of pyridine rings is 1. The van der Waals surface area contributed by atoms with E-state index in [0.717, 1.165) is 0 Å². The predicted molar refractivity (Wildman–Crippen MR) is 46.8 cm³/mol. The molecule has 0 saturated carbocycles. The van der Waals surface area contributed by atoms with Crippen molar-refractivity contribution < 1.29 is 0 Å². The lowest BCUT2D eigenvalue weighted by Crippen LogP contribution is -1.92. The van der Waals surface area contributed by atoms with Gasteiger partial charge in [-0.05, 0) is 0 Å². The summed E-state index contributed by atoms with van der Waals surface area (Å²) in [5, 5.41) is 1.05. The molecule has 4 nitrogen and oxygen atoms in total. The van der Waals surface area contributed by atoms with Gasteiger partial charge in [-0.15, -0.1) is 0 Å². The van der Waals surface area contributed by atoms with Crippen molar-refractivity contribution in [3.8, 4) is 0 Å². The molecule has 0 aliphatic rings. The molecule has 0 unspecified atom stereocenters. The van der Waals surface area contributed by atoms with E-state index in [1.54, 1.807) is 6.20 Å². The number of rotatable bonds is 0. The van der Waals surface area contributed by atoms with Crippen LogP contribution in [0.25, 0.3) is 10.9 Å². The molecule has 2 aromatic heterocycles. The Kier molecular flexibility index (Phi) is 1.55. The van der Waals surface area contributed by atoms with Crippen molar-refractivity contribution in [2.24, 2.45) is 0 Å². The molecule has 5 heteroatoms. The van der Waals surface area contributed by atoms with Crippen LogP contribution in [-0.4, -0.2) is 15.0 Å². The van der Waals surface area contributed by atoms with E-state index < -0.39 is 0 Å². The molecule has 0 aliphatic heterocycles. The van der Waals surface area contributed by atoms with E-state index in [1.807, 2.05) is 0 Å². The van der Waals surface area contributed by atoms with E-state index in [-0.39, 0.29) is 0 Å². The molecule has 0 fully saturated rings. The molecule has 2 N–H and O–H groups in total. The lowest BCUT2D eigenvalue weighted by atomic mass is 10.3. The maximum absolute atomic E-state index is 5.78. The van der Waals surface area contributed by atoms with Gasteiger partial charge in [0.15, 0.2) is 0 Å². The highest BCUT2D eigenvalue weighted by molar-refractivity contribution is 6.34. The molecule has 2 rings (SSSR count). The first kappa shape index (κ1) is 7.24. The summed E-state index contributed by atoms with van der Waals surface area (Å²) in [5.41, 5.74) is 6.77. The van der Waals surface area contributed by atoms with E-state index in [4.69, 9.17) is 17.3 Å². The van der Waals surface area contributed by atoms with Crippen LogP contribution in [0, 0.1) is 0 Å². The highest BCUT2D eigenvalue weighted by Crippen LogP contribution is 2.21. The summed E-state index contributed by atoms with van der Waals surface area (Å²) in [6.07, 6.45) is 4.50. The summed E-state index contributed by atoms with van der Waals surface area (Å²) in [7, 11) is 0. The van der Waals surface area contributed by atoms with Crippen LogP contribution in [0.4, 0.5) is 5.69 Å². The average Bonchev–Trinajstić information content (AvgIpc) is 2.07. The van der Waals surface area contributed by atoms with Gasteiger partial charge in [-0.1, -0.05) is 11.6 Å². The van der Waals surface area contributed by atoms with Crippen molar-refractivity contribution in [3.05, 3.63) is 23.9 Å². The topological polar surface area (TPSA) is 64.7 Å². The van der Waals surface area contributed by atoms with Gasteiger partial charge in [0, 0.05) is 6.20 Å². The zero-order chi connectivity index (χ0) is 8.55. The van der Waals surface area contributed by atoms with Crippen molar-refractivity contribution in [1.29, 1.82) is 0 Å². The van der Waals surface area contributed by atoms with Crippen molar-refractivity contribution >= 4 is 28.2 Å². The van der Waals surface area contributed by atoms with Gasteiger partial charge >= 0.3 is 0 Å². The number of nitrogen functional groups attached to an aromatic ring is 1. The lowest BCUT2D eigenvalue weighted by Gasteiger charge is -1.99. The van der Waals surface area contributed by atoms with Gasteiger partial charge in [0.2, 0.25) is 0 Å². The van der Waals surface area contributed by atoms with Crippen molar-refractivity contribution in [2.45, 2.75) is 0 Å². The van der Waals surface area contributed by atoms with Gasteiger partial charge < -0.3 is 5.73 Å². The summed E-state index contributed by atoms with van der Waals surface area (Å²) in [6, 6.07) is 0. The van der Waals surface area contributed by atoms with E-state index in [1.165, 1.54) is 12.5 Å². The van der Waals surface area contributed by atoms with Gasteiger partial charge in [-0.25, -0.2) is 9.97 Å². The van der Waals surface area contributed by atoms with Crippen LogP contribution in [0.3, 0.4) is 0 Å². The second-order valence-electron chi connectivity index (χ2n) is 2.29. The first-order valence-electron chi connectivity index (χ1n) is 3.29. The summed E-state index contributed by atoms with van der Waals surface area (Å²) in [6.45, 7) is 0. The Morgan fingerprint density at radius 1 is 1.25 bits per heavy atom. The third kappa shape index (κ3) is 0.967. The fourth-order valence-corrected chi connectivity index (χ4v) is 1.15. The van der Waals surface area contributed by atoms with Crippen LogP contribution in [0.5, 0.6) is 0 Å². The molecule has 12 heavy (non-hydrogen) atoms. The van der Waals surface area contributed by atoms with Crippen molar-refractivity contribution in [3.63, 3.8) is 0 Å². The van der Waals surface area contributed by atoms with E-state index in [2.05, 4.69) is 15.0 Å². The number of nitrogens with zero attached hydrogens (tertiary/aromatic N) is 3. The Labute approximate surface area is 73.4 Å². The number of hydrogen-bond acceptors (Lipinski definition) is 4.